The highest BCUT2D eigenvalue weighted by molar-refractivity contribution is 6.00. The van der Waals surface area contributed by atoms with E-state index in [0.717, 1.165) is 24.8 Å². The molecule has 1 atom stereocenters. The Morgan fingerprint density at radius 2 is 1.86 bits per heavy atom. The molecule has 0 aromatic heterocycles. The van der Waals surface area contributed by atoms with E-state index in [1.165, 1.54) is 18.2 Å². The highest BCUT2D eigenvalue weighted by atomic mass is 16.6. The van der Waals surface area contributed by atoms with Gasteiger partial charge in [0.05, 0.1) is 7.11 Å². The third-order valence-electron chi connectivity index (χ3n) is 4.95. The number of Topliss-reactive ketones (excluding diaryl/α,β-unsaturated/α-hetero) is 1. The molecule has 1 aliphatic rings. The molecule has 152 valence electrons. The minimum absolute atomic E-state index is 0.207. The monoisotopic (exact) mass is 394 g/mol. The van der Waals surface area contributed by atoms with Gasteiger partial charge in [0.1, 0.15) is 0 Å². The fraction of sp³-hybridized carbons (Fsp3) is 0.333. The zero-order chi connectivity index (χ0) is 20.8. The van der Waals surface area contributed by atoms with Gasteiger partial charge in [-0.25, -0.2) is 4.79 Å². The second-order valence-electron chi connectivity index (χ2n) is 7.03. The lowest BCUT2D eigenvalue weighted by atomic mass is 10.0. The lowest BCUT2D eigenvalue weighted by Gasteiger charge is -2.14. The van der Waals surface area contributed by atoms with Crippen molar-refractivity contribution in [2.75, 3.05) is 13.7 Å². The highest BCUT2D eigenvalue weighted by Gasteiger charge is 2.22. The SMILES string of the molecule is C/C=C/c1ccc(OCC(=O)O[C@H](C)C(=O)c2ccc3c(c2)CCC3)c(OC)c1. The van der Waals surface area contributed by atoms with Gasteiger partial charge in [0.2, 0.25) is 5.78 Å². The van der Waals surface area contributed by atoms with Crippen LogP contribution in [0.25, 0.3) is 6.08 Å². The van der Waals surface area contributed by atoms with E-state index in [1.807, 2.05) is 49.4 Å². The number of allylic oxidation sites excluding steroid dienone is 1. The van der Waals surface area contributed by atoms with E-state index in [-0.39, 0.29) is 12.4 Å². The number of rotatable bonds is 8. The number of carbonyl (C=O) groups excluding carboxylic acids is 2. The lowest BCUT2D eigenvalue weighted by Crippen LogP contribution is -2.27. The van der Waals surface area contributed by atoms with Crippen molar-refractivity contribution >= 4 is 17.8 Å². The number of hydrogen-bond acceptors (Lipinski definition) is 5. The molecular formula is C24H26O5. The summed E-state index contributed by atoms with van der Waals surface area (Å²) < 4.78 is 16.1. The number of hydrogen-bond donors (Lipinski definition) is 0. The fourth-order valence-corrected chi connectivity index (χ4v) is 3.48. The van der Waals surface area contributed by atoms with Crippen LogP contribution in [0.2, 0.25) is 0 Å². The number of fused-ring (bicyclic) bond motifs is 1. The van der Waals surface area contributed by atoms with Crippen LogP contribution in [0.15, 0.2) is 42.5 Å². The maximum absolute atomic E-state index is 12.6. The molecule has 0 N–H and O–H groups in total. The van der Waals surface area contributed by atoms with Crippen molar-refractivity contribution in [2.24, 2.45) is 0 Å². The smallest absolute Gasteiger partial charge is 0.344 e. The second kappa shape index (κ2) is 9.41. The van der Waals surface area contributed by atoms with Gasteiger partial charge < -0.3 is 14.2 Å². The number of ether oxygens (including phenoxy) is 3. The zero-order valence-electron chi connectivity index (χ0n) is 17.1. The van der Waals surface area contributed by atoms with E-state index in [9.17, 15) is 9.59 Å². The van der Waals surface area contributed by atoms with Crippen LogP contribution in [0, 0.1) is 0 Å². The summed E-state index contributed by atoms with van der Waals surface area (Å²) in [5.74, 6) is 0.152. The van der Waals surface area contributed by atoms with Crippen LogP contribution < -0.4 is 9.47 Å². The summed E-state index contributed by atoms with van der Waals surface area (Å²) in [6.07, 6.45) is 6.16. The maximum atomic E-state index is 12.6. The van der Waals surface area contributed by atoms with Crippen molar-refractivity contribution in [3.8, 4) is 11.5 Å². The summed E-state index contributed by atoms with van der Waals surface area (Å²) in [6.45, 7) is 3.21. The standard InChI is InChI=1S/C24H26O5/c1-4-6-17-9-12-21(22(13-17)27-3)28-15-23(25)29-16(2)24(26)20-11-10-18-7-5-8-19(18)14-20/h4,6,9-14,16H,5,7-8,15H2,1-3H3/b6-4+/t16-/m1/s1. The van der Waals surface area contributed by atoms with Crippen LogP contribution in [0.5, 0.6) is 11.5 Å². The van der Waals surface area contributed by atoms with E-state index in [0.29, 0.717) is 17.1 Å². The fourth-order valence-electron chi connectivity index (χ4n) is 3.48. The Morgan fingerprint density at radius 3 is 2.62 bits per heavy atom. The van der Waals surface area contributed by atoms with E-state index < -0.39 is 12.1 Å². The first-order valence-electron chi connectivity index (χ1n) is 9.81. The van der Waals surface area contributed by atoms with Gasteiger partial charge in [0.25, 0.3) is 0 Å². The summed E-state index contributed by atoms with van der Waals surface area (Å²) in [5.41, 5.74) is 4.06. The first-order valence-corrected chi connectivity index (χ1v) is 9.81. The van der Waals surface area contributed by atoms with Gasteiger partial charge in [0.15, 0.2) is 24.2 Å². The van der Waals surface area contributed by atoms with Crippen LogP contribution in [-0.4, -0.2) is 31.6 Å². The zero-order valence-corrected chi connectivity index (χ0v) is 17.1. The van der Waals surface area contributed by atoms with Gasteiger partial charge in [-0.05, 0) is 68.0 Å². The Bertz CT molecular complexity index is 929. The van der Waals surface area contributed by atoms with Crippen LogP contribution >= 0.6 is 0 Å². The number of benzene rings is 2. The summed E-state index contributed by atoms with van der Waals surface area (Å²) >= 11 is 0. The molecule has 3 rings (SSSR count). The first-order chi connectivity index (χ1) is 14.0. The number of aryl methyl sites for hydroxylation is 2. The normalized spacial score (nSPS) is 13.8. The number of carbonyl (C=O) groups is 2. The Labute approximate surface area is 171 Å². The number of esters is 1. The quantitative estimate of drug-likeness (QED) is 0.490. The van der Waals surface area contributed by atoms with Crippen molar-refractivity contribution < 1.29 is 23.8 Å². The molecule has 5 nitrogen and oxygen atoms in total. The Kier molecular flexibility index (Phi) is 6.70. The average Bonchev–Trinajstić information content (AvgIpc) is 3.20. The maximum Gasteiger partial charge on any atom is 0.344 e. The van der Waals surface area contributed by atoms with E-state index in [2.05, 4.69) is 0 Å². The molecule has 0 saturated heterocycles. The molecule has 2 aromatic rings. The molecule has 5 heteroatoms. The van der Waals surface area contributed by atoms with Gasteiger partial charge >= 0.3 is 5.97 Å². The largest absolute Gasteiger partial charge is 0.493 e. The Balaban J connectivity index is 1.57. The molecule has 0 aliphatic heterocycles. The van der Waals surface area contributed by atoms with Gasteiger partial charge in [-0.3, -0.25) is 4.79 Å². The molecule has 1 aliphatic carbocycles. The molecule has 0 unspecified atom stereocenters. The van der Waals surface area contributed by atoms with Crippen molar-refractivity contribution in [2.45, 2.75) is 39.2 Å². The Morgan fingerprint density at radius 1 is 1.07 bits per heavy atom. The van der Waals surface area contributed by atoms with E-state index >= 15 is 0 Å². The predicted octanol–water partition coefficient (Wildman–Crippen LogP) is 4.41. The molecule has 0 radical (unpaired) electrons. The molecule has 0 spiro atoms. The summed E-state index contributed by atoms with van der Waals surface area (Å²) in [7, 11) is 1.54. The van der Waals surface area contributed by atoms with Crippen molar-refractivity contribution in [3.05, 3.63) is 64.7 Å². The molecular weight excluding hydrogens is 368 g/mol. The average molecular weight is 394 g/mol. The van der Waals surface area contributed by atoms with Gasteiger partial charge in [-0.15, -0.1) is 0 Å². The van der Waals surface area contributed by atoms with Crippen LogP contribution in [0.1, 0.15) is 47.3 Å². The highest BCUT2D eigenvalue weighted by Crippen LogP contribution is 2.28. The van der Waals surface area contributed by atoms with Gasteiger partial charge in [0, 0.05) is 5.56 Å². The third-order valence-corrected chi connectivity index (χ3v) is 4.95. The van der Waals surface area contributed by atoms with Crippen molar-refractivity contribution in [1.82, 2.24) is 0 Å². The van der Waals surface area contributed by atoms with Gasteiger partial charge in [-0.1, -0.05) is 30.4 Å². The van der Waals surface area contributed by atoms with Crippen molar-refractivity contribution in [3.63, 3.8) is 0 Å². The summed E-state index contributed by atoms with van der Waals surface area (Å²) in [6, 6.07) is 11.1. The molecule has 0 heterocycles. The minimum atomic E-state index is -0.871. The lowest BCUT2D eigenvalue weighted by molar-refractivity contribution is -0.148. The second-order valence-corrected chi connectivity index (χ2v) is 7.03. The molecule has 2 aromatic carbocycles. The number of methoxy groups -OCH3 is 1. The van der Waals surface area contributed by atoms with E-state index in [4.69, 9.17) is 14.2 Å². The molecule has 29 heavy (non-hydrogen) atoms. The number of ketones is 1. The van der Waals surface area contributed by atoms with Crippen molar-refractivity contribution in [1.29, 1.82) is 0 Å². The molecule has 0 amide bonds. The van der Waals surface area contributed by atoms with Crippen LogP contribution in [0.3, 0.4) is 0 Å². The molecule has 0 bridgehead atoms. The van der Waals surface area contributed by atoms with Crippen LogP contribution in [-0.2, 0) is 22.4 Å². The minimum Gasteiger partial charge on any atom is -0.493 e. The van der Waals surface area contributed by atoms with Gasteiger partial charge in [-0.2, -0.15) is 0 Å². The predicted molar refractivity (Wildman–Crippen MR) is 112 cm³/mol. The van der Waals surface area contributed by atoms with Crippen LogP contribution in [0.4, 0.5) is 0 Å². The Hall–Kier alpha value is -3.08. The summed E-state index contributed by atoms with van der Waals surface area (Å²) in [4.78, 5) is 24.8. The topological polar surface area (TPSA) is 61.8 Å². The summed E-state index contributed by atoms with van der Waals surface area (Å²) in [5, 5.41) is 0. The molecule has 0 saturated carbocycles. The first kappa shape index (κ1) is 20.6. The van der Waals surface area contributed by atoms with E-state index in [1.54, 1.807) is 13.0 Å². The third kappa shape index (κ3) is 5.05. The molecule has 0 fully saturated rings.